The first-order valence-corrected chi connectivity index (χ1v) is 6.21. The molecule has 0 bridgehead atoms. The second-order valence-electron chi connectivity index (χ2n) is 4.69. The molecule has 0 atom stereocenters. The van der Waals surface area contributed by atoms with Crippen LogP contribution in [0.15, 0.2) is 36.4 Å². The number of anilines is 1. The van der Waals surface area contributed by atoms with Crippen molar-refractivity contribution < 1.29 is 9.31 Å². The van der Waals surface area contributed by atoms with Gasteiger partial charge in [0.05, 0.1) is 4.92 Å². The Morgan fingerprint density at radius 2 is 1.90 bits per heavy atom. The summed E-state index contributed by atoms with van der Waals surface area (Å²) in [6, 6.07) is 9.70. The minimum atomic E-state index is -0.424. The highest BCUT2D eigenvalue weighted by Gasteiger charge is 2.08. The van der Waals surface area contributed by atoms with Crippen molar-refractivity contribution in [1.82, 2.24) is 0 Å². The maximum atomic E-state index is 13.4. The van der Waals surface area contributed by atoms with Crippen molar-refractivity contribution >= 4 is 11.4 Å². The molecule has 20 heavy (non-hydrogen) atoms. The lowest BCUT2D eigenvalue weighted by atomic mass is 10.1. The molecular weight excluding hydrogens is 259 g/mol. The molecule has 4 nitrogen and oxygen atoms in total. The lowest BCUT2D eigenvalue weighted by molar-refractivity contribution is -0.384. The molecule has 2 rings (SSSR count). The van der Waals surface area contributed by atoms with Crippen LogP contribution in [0.25, 0.3) is 0 Å². The number of nitrogens with one attached hydrogen (secondary N) is 1. The molecule has 0 unspecified atom stereocenters. The summed E-state index contributed by atoms with van der Waals surface area (Å²) in [6.07, 6.45) is 0. The molecule has 0 aliphatic heterocycles. The van der Waals surface area contributed by atoms with E-state index in [9.17, 15) is 14.5 Å². The van der Waals surface area contributed by atoms with E-state index in [1.165, 1.54) is 18.2 Å². The summed E-state index contributed by atoms with van der Waals surface area (Å²) >= 11 is 0. The van der Waals surface area contributed by atoms with Crippen LogP contribution in [0.3, 0.4) is 0 Å². The first-order chi connectivity index (χ1) is 9.47. The number of nitro benzene ring substituents is 1. The second-order valence-corrected chi connectivity index (χ2v) is 4.69. The number of rotatable bonds is 4. The fourth-order valence-corrected chi connectivity index (χ4v) is 1.90. The van der Waals surface area contributed by atoms with Gasteiger partial charge in [-0.1, -0.05) is 12.1 Å². The third kappa shape index (κ3) is 3.12. The van der Waals surface area contributed by atoms with Gasteiger partial charge in [-0.3, -0.25) is 10.1 Å². The molecule has 0 aliphatic rings. The van der Waals surface area contributed by atoms with Gasteiger partial charge in [0.25, 0.3) is 5.69 Å². The highest BCUT2D eigenvalue weighted by atomic mass is 19.1. The molecule has 2 aromatic carbocycles. The minimum Gasteiger partial charge on any atom is -0.381 e. The summed E-state index contributed by atoms with van der Waals surface area (Å²) in [6.45, 7) is 3.98. The molecule has 5 heteroatoms. The largest absolute Gasteiger partial charge is 0.381 e. The zero-order chi connectivity index (χ0) is 14.7. The predicted molar refractivity (Wildman–Crippen MR) is 76.3 cm³/mol. The first kappa shape index (κ1) is 14.0. The zero-order valence-electron chi connectivity index (χ0n) is 11.3. The average Bonchev–Trinajstić information content (AvgIpc) is 2.41. The molecule has 1 N–H and O–H groups in total. The molecule has 0 radical (unpaired) electrons. The lowest BCUT2D eigenvalue weighted by Crippen LogP contribution is -2.02. The van der Waals surface area contributed by atoms with Crippen LogP contribution in [0.4, 0.5) is 15.8 Å². The number of aryl methyl sites for hydroxylation is 2. The SMILES string of the molecule is Cc1ccc(CNc2ccc([N+](=O)[O-])cc2C)cc1F. The van der Waals surface area contributed by atoms with Crippen LogP contribution < -0.4 is 5.32 Å². The van der Waals surface area contributed by atoms with Crippen molar-refractivity contribution in [3.05, 3.63) is 69.0 Å². The van der Waals surface area contributed by atoms with E-state index in [0.717, 1.165) is 16.8 Å². The maximum Gasteiger partial charge on any atom is 0.269 e. The number of nitro groups is 1. The summed E-state index contributed by atoms with van der Waals surface area (Å²) in [5, 5.41) is 13.8. The van der Waals surface area contributed by atoms with Gasteiger partial charge in [0.2, 0.25) is 0 Å². The Morgan fingerprint density at radius 1 is 1.15 bits per heavy atom. The summed E-state index contributed by atoms with van der Waals surface area (Å²) in [7, 11) is 0. The molecule has 0 amide bonds. The number of non-ortho nitro benzene ring substituents is 1. The fourth-order valence-electron chi connectivity index (χ4n) is 1.90. The Morgan fingerprint density at radius 3 is 2.50 bits per heavy atom. The molecule has 0 heterocycles. The molecule has 0 saturated heterocycles. The van der Waals surface area contributed by atoms with Crippen molar-refractivity contribution in [2.24, 2.45) is 0 Å². The maximum absolute atomic E-state index is 13.4. The highest BCUT2D eigenvalue weighted by molar-refractivity contribution is 5.55. The summed E-state index contributed by atoms with van der Waals surface area (Å²) in [4.78, 5) is 10.2. The van der Waals surface area contributed by atoms with Gasteiger partial charge in [0.15, 0.2) is 0 Å². The van der Waals surface area contributed by atoms with Crippen LogP contribution in [-0.4, -0.2) is 4.92 Å². The molecule has 0 fully saturated rings. The highest BCUT2D eigenvalue weighted by Crippen LogP contribution is 2.22. The normalized spacial score (nSPS) is 10.3. The van der Waals surface area contributed by atoms with E-state index in [1.54, 1.807) is 26.0 Å². The van der Waals surface area contributed by atoms with Crippen molar-refractivity contribution in [1.29, 1.82) is 0 Å². The standard InChI is InChI=1S/C15H15FN2O2/c1-10-3-4-12(8-14(10)16)9-17-15-6-5-13(18(19)20)7-11(15)2/h3-8,17H,9H2,1-2H3. The Bertz CT molecular complexity index is 656. The zero-order valence-corrected chi connectivity index (χ0v) is 11.3. The fraction of sp³-hybridized carbons (Fsp3) is 0.200. The average molecular weight is 274 g/mol. The van der Waals surface area contributed by atoms with E-state index in [4.69, 9.17) is 0 Å². The Hall–Kier alpha value is -2.43. The third-order valence-corrected chi connectivity index (χ3v) is 3.14. The molecule has 0 aromatic heterocycles. The molecular formula is C15H15FN2O2. The van der Waals surface area contributed by atoms with Crippen molar-refractivity contribution in [3.63, 3.8) is 0 Å². The predicted octanol–water partition coefficient (Wildman–Crippen LogP) is 3.96. The number of nitrogens with zero attached hydrogens (tertiary/aromatic N) is 1. The van der Waals surface area contributed by atoms with Gasteiger partial charge in [-0.2, -0.15) is 0 Å². The number of hydrogen-bond donors (Lipinski definition) is 1. The molecule has 0 aliphatic carbocycles. The van der Waals surface area contributed by atoms with E-state index >= 15 is 0 Å². The quantitative estimate of drug-likeness (QED) is 0.678. The second kappa shape index (κ2) is 5.69. The minimum absolute atomic E-state index is 0.0643. The molecule has 0 saturated carbocycles. The van der Waals surface area contributed by atoms with Crippen LogP contribution in [0.5, 0.6) is 0 Å². The monoisotopic (exact) mass is 274 g/mol. The van der Waals surface area contributed by atoms with Crippen LogP contribution in [0.1, 0.15) is 16.7 Å². The summed E-state index contributed by atoms with van der Waals surface area (Å²) < 4.78 is 13.4. The number of halogens is 1. The lowest BCUT2D eigenvalue weighted by Gasteiger charge is -2.10. The van der Waals surface area contributed by atoms with Crippen molar-refractivity contribution in [2.45, 2.75) is 20.4 Å². The summed E-state index contributed by atoms with van der Waals surface area (Å²) in [5.74, 6) is -0.232. The van der Waals surface area contributed by atoms with E-state index < -0.39 is 4.92 Å². The van der Waals surface area contributed by atoms with Gasteiger partial charge in [0.1, 0.15) is 5.82 Å². The van der Waals surface area contributed by atoms with E-state index in [-0.39, 0.29) is 11.5 Å². The molecule has 104 valence electrons. The van der Waals surface area contributed by atoms with Gasteiger partial charge in [-0.15, -0.1) is 0 Å². The molecule has 0 spiro atoms. The topological polar surface area (TPSA) is 55.2 Å². The van der Waals surface area contributed by atoms with Crippen LogP contribution in [0.2, 0.25) is 0 Å². The molecule has 2 aromatic rings. The van der Waals surface area contributed by atoms with E-state index in [0.29, 0.717) is 12.1 Å². The van der Waals surface area contributed by atoms with E-state index in [1.807, 2.05) is 6.07 Å². The number of hydrogen-bond acceptors (Lipinski definition) is 3. The first-order valence-electron chi connectivity index (χ1n) is 6.21. The number of benzene rings is 2. The van der Waals surface area contributed by atoms with Crippen molar-refractivity contribution in [2.75, 3.05) is 5.32 Å². The van der Waals surface area contributed by atoms with Gasteiger partial charge < -0.3 is 5.32 Å². The van der Waals surface area contributed by atoms with Crippen LogP contribution >= 0.6 is 0 Å². The van der Waals surface area contributed by atoms with Gasteiger partial charge in [-0.25, -0.2) is 4.39 Å². The third-order valence-electron chi connectivity index (χ3n) is 3.14. The van der Waals surface area contributed by atoms with Gasteiger partial charge in [-0.05, 0) is 42.7 Å². The van der Waals surface area contributed by atoms with Crippen LogP contribution in [-0.2, 0) is 6.54 Å². The van der Waals surface area contributed by atoms with E-state index in [2.05, 4.69) is 5.32 Å². The van der Waals surface area contributed by atoms with Gasteiger partial charge >= 0.3 is 0 Å². The van der Waals surface area contributed by atoms with Crippen LogP contribution in [0, 0.1) is 29.8 Å². The van der Waals surface area contributed by atoms with Gasteiger partial charge in [0, 0.05) is 24.4 Å². The smallest absolute Gasteiger partial charge is 0.269 e. The Labute approximate surface area is 116 Å². The summed E-state index contributed by atoms with van der Waals surface area (Å²) in [5.41, 5.74) is 3.09. The van der Waals surface area contributed by atoms with Crippen molar-refractivity contribution in [3.8, 4) is 0 Å². The Balaban J connectivity index is 2.10. The Kier molecular flexibility index (Phi) is 3.98.